The molecule has 0 amide bonds. The Labute approximate surface area is 94.3 Å². The summed E-state index contributed by atoms with van der Waals surface area (Å²) in [7, 11) is 1.79. The number of aromatic nitrogens is 2. The van der Waals surface area contributed by atoms with Gasteiger partial charge in [-0.1, -0.05) is 6.07 Å². The quantitative estimate of drug-likeness (QED) is 0.824. The molecule has 4 nitrogen and oxygen atoms in total. The van der Waals surface area contributed by atoms with Crippen molar-refractivity contribution in [1.82, 2.24) is 9.13 Å². The van der Waals surface area contributed by atoms with E-state index in [1.807, 2.05) is 32.0 Å². The number of nitrogens with zero attached hydrogens (tertiary/aromatic N) is 2. The van der Waals surface area contributed by atoms with E-state index in [4.69, 9.17) is 5.73 Å². The van der Waals surface area contributed by atoms with Crippen molar-refractivity contribution >= 4 is 11.0 Å². The molecule has 2 N–H and O–H groups in total. The molecule has 4 heteroatoms. The molecule has 0 bridgehead atoms. The van der Waals surface area contributed by atoms with Gasteiger partial charge in [-0.2, -0.15) is 0 Å². The zero-order valence-electron chi connectivity index (χ0n) is 9.90. The van der Waals surface area contributed by atoms with Crippen LogP contribution in [0.15, 0.2) is 23.0 Å². The van der Waals surface area contributed by atoms with Gasteiger partial charge in [-0.05, 0) is 31.5 Å². The van der Waals surface area contributed by atoms with E-state index in [1.165, 1.54) is 0 Å². The monoisotopic (exact) mass is 219 g/mol. The van der Waals surface area contributed by atoms with Crippen molar-refractivity contribution in [3.05, 3.63) is 34.2 Å². The summed E-state index contributed by atoms with van der Waals surface area (Å²) < 4.78 is 3.43. The van der Waals surface area contributed by atoms with Crippen molar-refractivity contribution in [3.8, 4) is 0 Å². The zero-order valence-corrected chi connectivity index (χ0v) is 9.90. The van der Waals surface area contributed by atoms with E-state index in [1.54, 1.807) is 16.2 Å². The SMILES string of the molecule is Cc1ccc2c(c1)n(C(C)CN)c(=O)n2C. The molecule has 0 spiro atoms. The fraction of sp³-hybridized carbons (Fsp3) is 0.417. The van der Waals surface area contributed by atoms with Crippen LogP contribution < -0.4 is 11.4 Å². The van der Waals surface area contributed by atoms with E-state index < -0.39 is 0 Å². The molecule has 16 heavy (non-hydrogen) atoms. The minimum atomic E-state index is -0.00134. The molecule has 1 aromatic heterocycles. The van der Waals surface area contributed by atoms with Crippen molar-refractivity contribution in [2.45, 2.75) is 19.9 Å². The summed E-state index contributed by atoms with van der Waals surface area (Å²) in [4.78, 5) is 12.1. The molecule has 2 rings (SSSR count). The largest absolute Gasteiger partial charge is 0.329 e. The molecule has 0 aliphatic heterocycles. The summed E-state index contributed by atoms with van der Waals surface area (Å²) in [5.74, 6) is 0. The summed E-state index contributed by atoms with van der Waals surface area (Å²) in [6.07, 6.45) is 0. The maximum atomic E-state index is 12.1. The van der Waals surface area contributed by atoms with Gasteiger partial charge in [0.15, 0.2) is 0 Å². The summed E-state index contributed by atoms with van der Waals surface area (Å²) in [6.45, 7) is 4.45. The number of fused-ring (bicyclic) bond motifs is 1. The first kappa shape index (κ1) is 11.0. The molecule has 0 aliphatic rings. The Morgan fingerprint density at radius 3 is 2.69 bits per heavy atom. The molecule has 1 heterocycles. The van der Waals surface area contributed by atoms with Gasteiger partial charge in [0.1, 0.15) is 0 Å². The van der Waals surface area contributed by atoms with Crippen molar-refractivity contribution < 1.29 is 0 Å². The molecule has 0 saturated heterocycles. The Kier molecular flexibility index (Phi) is 2.59. The summed E-state index contributed by atoms with van der Waals surface area (Å²) in [6, 6.07) is 6.05. The van der Waals surface area contributed by atoms with Gasteiger partial charge < -0.3 is 5.73 Å². The van der Waals surface area contributed by atoms with Crippen LogP contribution in [0.25, 0.3) is 11.0 Å². The number of hydrogen-bond donors (Lipinski definition) is 1. The third kappa shape index (κ3) is 1.46. The molecule has 1 atom stereocenters. The smallest absolute Gasteiger partial charge is 0.328 e. The normalized spacial score (nSPS) is 13.2. The van der Waals surface area contributed by atoms with Crippen LogP contribution in [-0.4, -0.2) is 15.7 Å². The lowest BCUT2D eigenvalue weighted by molar-refractivity contribution is 0.546. The predicted octanol–water partition coefficient (Wildman–Crippen LogP) is 1.17. The Balaban J connectivity index is 2.86. The molecule has 0 saturated carbocycles. The highest BCUT2D eigenvalue weighted by atomic mass is 16.1. The van der Waals surface area contributed by atoms with Crippen molar-refractivity contribution in [2.24, 2.45) is 12.8 Å². The fourth-order valence-electron chi connectivity index (χ4n) is 2.01. The van der Waals surface area contributed by atoms with Gasteiger partial charge in [-0.3, -0.25) is 9.13 Å². The molecule has 0 aliphatic carbocycles. The molecule has 0 fully saturated rings. The Morgan fingerprint density at radius 1 is 1.38 bits per heavy atom. The Bertz CT molecular complexity index is 580. The van der Waals surface area contributed by atoms with Gasteiger partial charge in [0.2, 0.25) is 0 Å². The van der Waals surface area contributed by atoms with E-state index in [9.17, 15) is 4.79 Å². The van der Waals surface area contributed by atoms with Crippen LogP contribution in [0.5, 0.6) is 0 Å². The second kappa shape index (κ2) is 3.79. The van der Waals surface area contributed by atoms with Crippen LogP contribution in [0.3, 0.4) is 0 Å². The van der Waals surface area contributed by atoms with Crippen LogP contribution in [0, 0.1) is 6.92 Å². The second-order valence-corrected chi connectivity index (χ2v) is 4.29. The fourth-order valence-corrected chi connectivity index (χ4v) is 2.01. The Morgan fingerprint density at radius 2 is 2.06 bits per heavy atom. The lowest BCUT2D eigenvalue weighted by Gasteiger charge is -2.10. The van der Waals surface area contributed by atoms with E-state index in [0.29, 0.717) is 6.54 Å². The summed E-state index contributed by atoms with van der Waals surface area (Å²) in [5.41, 5.74) is 8.71. The van der Waals surface area contributed by atoms with Gasteiger partial charge in [0.25, 0.3) is 0 Å². The molecular formula is C12H17N3O. The van der Waals surface area contributed by atoms with Crippen molar-refractivity contribution in [1.29, 1.82) is 0 Å². The number of imidazole rings is 1. The highest BCUT2D eigenvalue weighted by Gasteiger charge is 2.14. The highest BCUT2D eigenvalue weighted by Crippen LogP contribution is 2.17. The predicted molar refractivity (Wildman–Crippen MR) is 65.7 cm³/mol. The first-order valence-corrected chi connectivity index (χ1v) is 5.44. The van der Waals surface area contributed by atoms with E-state index in [0.717, 1.165) is 16.6 Å². The highest BCUT2D eigenvalue weighted by molar-refractivity contribution is 5.77. The van der Waals surface area contributed by atoms with Crippen LogP contribution in [0.2, 0.25) is 0 Å². The van der Waals surface area contributed by atoms with Crippen molar-refractivity contribution in [3.63, 3.8) is 0 Å². The first-order valence-electron chi connectivity index (χ1n) is 5.44. The van der Waals surface area contributed by atoms with E-state index in [-0.39, 0.29) is 11.7 Å². The van der Waals surface area contributed by atoms with Gasteiger partial charge in [0, 0.05) is 19.6 Å². The van der Waals surface area contributed by atoms with E-state index in [2.05, 4.69) is 0 Å². The van der Waals surface area contributed by atoms with Crippen LogP contribution in [0.4, 0.5) is 0 Å². The molecule has 2 aromatic rings. The van der Waals surface area contributed by atoms with Crippen molar-refractivity contribution in [2.75, 3.05) is 6.54 Å². The van der Waals surface area contributed by atoms with Gasteiger partial charge in [-0.15, -0.1) is 0 Å². The number of aryl methyl sites for hydroxylation is 2. The third-order valence-electron chi connectivity index (χ3n) is 3.03. The van der Waals surface area contributed by atoms with Gasteiger partial charge in [-0.25, -0.2) is 4.79 Å². The summed E-state index contributed by atoms with van der Waals surface area (Å²) >= 11 is 0. The summed E-state index contributed by atoms with van der Waals surface area (Å²) in [5, 5.41) is 0. The minimum Gasteiger partial charge on any atom is -0.328 e. The number of rotatable bonds is 2. The lowest BCUT2D eigenvalue weighted by Crippen LogP contribution is -2.28. The maximum Gasteiger partial charge on any atom is 0.329 e. The number of benzene rings is 1. The average molecular weight is 219 g/mol. The average Bonchev–Trinajstić information content (AvgIpc) is 2.51. The standard InChI is InChI=1S/C12H17N3O/c1-8-4-5-10-11(6-8)15(9(2)7-13)12(16)14(10)3/h4-6,9H,7,13H2,1-3H3. The molecule has 86 valence electrons. The number of nitrogens with two attached hydrogens (primary N) is 1. The van der Waals surface area contributed by atoms with Crippen LogP contribution in [0.1, 0.15) is 18.5 Å². The lowest BCUT2D eigenvalue weighted by atomic mass is 10.2. The van der Waals surface area contributed by atoms with Gasteiger partial charge >= 0.3 is 5.69 Å². The molecule has 1 aromatic carbocycles. The molecule has 1 unspecified atom stereocenters. The minimum absolute atomic E-state index is 0.00134. The number of hydrogen-bond acceptors (Lipinski definition) is 2. The van der Waals surface area contributed by atoms with Gasteiger partial charge in [0.05, 0.1) is 11.0 Å². The maximum absolute atomic E-state index is 12.1. The van der Waals surface area contributed by atoms with Crippen LogP contribution >= 0.6 is 0 Å². The Hall–Kier alpha value is -1.55. The zero-order chi connectivity index (χ0) is 11.9. The first-order chi connectivity index (χ1) is 7.56. The molecule has 0 radical (unpaired) electrons. The second-order valence-electron chi connectivity index (χ2n) is 4.29. The topological polar surface area (TPSA) is 52.9 Å². The van der Waals surface area contributed by atoms with E-state index >= 15 is 0 Å². The molecular weight excluding hydrogens is 202 g/mol. The third-order valence-corrected chi connectivity index (χ3v) is 3.03. The van der Waals surface area contributed by atoms with Crippen LogP contribution in [-0.2, 0) is 7.05 Å².